The molecule has 0 bridgehead atoms. The third-order valence-electron chi connectivity index (χ3n) is 2.53. The van der Waals surface area contributed by atoms with Crippen LogP contribution in [0.1, 0.15) is 23.8 Å². The predicted molar refractivity (Wildman–Crippen MR) is 56.3 cm³/mol. The first-order valence-electron chi connectivity index (χ1n) is 4.78. The molecule has 0 amide bonds. The molecule has 72 valence electrons. The van der Waals surface area contributed by atoms with Crippen LogP contribution in [0.2, 0.25) is 0 Å². The lowest BCUT2D eigenvalue weighted by molar-refractivity contribution is 0.773. The van der Waals surface area contributed by atoms with Crippen molar-refractivity contribution in [1.29, 1.82) is 0 Å². The van der Waals surface area contributed by atoms with Crippen molar-refractivity contribution < 1.29 is 0 Å². The molecule has 0 aromatic carbocycles. The molecule has 0 aliphatic heterocycles. The Morgan fingerprint density at radius 3 is 3.00 bits per heavy atom. The summed E-state index contributed by atoms with van der Waals surface area (Å²) in [6.45, 7) is 0. The van der Waals surface area contributed by atoms with Crippen LogP contribution < -0.4 is 0 Å². The smallest absolute Gasteiger partial charge is 0.0995 e. The Kier molecular flexibility index (Phi) is 1.70. The summed E-state index contributed by atoms with van der Waals surface area (Å²) in [7, 11) is 1.95. The fraction of sp³-hybridized carbons (Fsp3) is 0.400. The lowest BCUT2D eigenvalue weighted by atomic mass is 10.3. The van der Waals surface area contributed by atoms with Gasteiger partial charge in [-0.3, -0.25) is 4.68 Å². The maximum atomic E-state index is 4.63. The predicted octanol–water partition coefficient (Wildman–Crippen LogP) is 2.42. The molecule has 1 fully saturated rings. The fourth-order valence-electron chi connectivity index (χ4n) is 1.55. The molecule has 14 heavy (non-hydrogen) atoms. The van der Waals surface area contributed by atoms with E-state index in [2.05, 4.69) is 15.5 Å². The van der Waals surface area contributed by atoms with Gasteiger partial charge in [-0.1, -0.05) is 0 Å². The van der Waals surface area contributed by atoms with Crippen LogP contribution >= 0.6 is 11.3 Å². The number of hydrogen-bond donors (Lipinski definition) is 0. The molecule has 1 aliphatic carbocycles. The molecule has 0 radical (unpaired) electrons. The fourth-order valence-corrected chi connectivity index (χ4v) is 2.53. The Labute approximate surface area is 86.4 Å². The Bertz CT molecular complexity index is 453. The average molecular weight is 205 g/mol. The molecule has 2 aromatic rings. The van der Waals surface area contributed by atoms with E-state index in [1.807, 2.05) is 24.0 Å². The van der Waals surface area contributed by atoms with E-state index in [1.165, 1.54) is 17.8 Å². The molecular formula is C10H11N3S. The standard InChI is InChI=1S/C10H11N3S/c1-13-9(4-5-11-13)8-6-14-10(12-8)7-2-3-7/h4-7H,2-3H2,1H3. The summed E-state index contributed by atoms with van der Waals surface area (Å²) in [5.74, 6) is 0.752. The zero-order chi connectivity index (χ0) is 9.54. The maximum Gasteiger partial charge on any atom is 0.0995 e. The molecule has 0 spiro atoms. The number of rotatable bonds is 2. The van der Waals surface area contributed by atoms with Gasteiger partial charge in [-0.25, -0.2) is 4.98 Å². The molecule has 0 N–H and O–H groups in total. The van der Waals surface area contributed by atoms with Gasteiger partial charge in [0.25, 0.3) is 0 Å². The van der Waals surface area contributed by atoms with Crippen LogP contribution in [0.25, 0.3) is 11.4 Å². The minimum absolute atomic E-state index is 0.752. The number of thiazole rings is 1. The lowest BCUT2D eigenvalue weighted by Crippen LogP contribution is -1.93. The van der Waals surface area contributed by atoms with E-state index in [1.54, 1.807) is 11.3 Å². The second-order valence-electron chi connectivity index (χ2n) is 3.69. The summed E-state index contributed by atoms with van der Waals surface area (Å²) in [6.07, 6.45) is 4.45. The van der Waals surface area contributed by atoms with Crippen molar-refractivity contribution in [3.05, 3.63) is 22.7 Å². The molecule has 2 aromatic heterocycles. The third kappa shape index (κ3) is 1.26. The van der Waals surface area contributed by atoms with Gasteiger partial charge in [-0.2, -0.15) is 5.10 Å². The van der Waals surface area contributed by atoms with Gasteiger partial charge in [-0.05, 0) is 18.9 Å². The highest BCUT2D eigenvalue weighted by Crippen LogP contribution is 2.42. The topological polar surface area (TPSA) is 30.7 Å². The van der Waals surface area contributed by atoms with Crippen LogP contribution in [0.5, 0.6) is 0 Å². The highest BCUT2D eigenvalue weighted by atomic mass is 32.1. The average Bonchev–Trinajstić information content (AvgIpc) is 2.75. The zero-order valence-electron chi connectivity index (χ0n) is 7.97. The Balaban J connectivity index is 1.99. The molecule has 2 heterocycles. The number of hydrogen-bond acceptors (Lipinski definition) is 3. The van der Waals surface area contributed by atoms with E-state index >= 15 is 0 Å². The van der Waals surface area contributed by atoms with Crippen molar-refractivity contribution in [1.82, 2.24) is 14.8 Å². The zero-order valence-corrected chi connectivity index (χ0v) is 8.79. The number of aromatic nitrogens is 3. The van der Waals surface area contributed by atoms with Gasteiger partial charge in [0.05, 0.1) is 16.4 Å². The number of aryl methyl sites for hydroxylation is 1. The highest BCUT2D eigenvalue weighted by molar-refractivity contribution is 7.10. The van der Waals surface area contributed by atoms with Gasteiger partial charge in [0.1, 0.15) is 0 Å². The molecule has 1 saturated carbocycles. The molecule has 0 saturated heterocycles. The molecule has 3 rings (SSSR count). The first-order valence-corrected chi connectivity index (χ1v) is 5.66. The van der Waals surface area contributed by atoms with Crippen LogP contribution in [0, 0.1) is 0 Å². The second kappa shape index (κ2) is 2.92. The van der Waals surface area contributed by atoms with Crippen molar-refractivity contribution in [3.8, 4) is 11.4 Å². The Hall–Kier alpha value is -1.16. The Morgan fingerprint density at radius 1 is 1.50 bits per heavy atom. The van der Waals surface area contributed by atoms with Crippen LogP contribution in [0.15, 0.2) is 17.6 Å². The number of nitrogens with zero attached hydrogens (tertiary/aromatic N) is 3. The van der Waals surface area contributed by atoms with E-state index < -0.39 is 0 Å². The van der Waals surface area contributed by atoms with Crippen molar-refractivity contribution >= 4 is 11.3 Å². The SMILES string of the molecule is Cn1nccc1-c1csc(C2CC2)n1. The summed E-state index contributed by atoms with van der Waals surface area (Å²) in [5.41, 5.74) is 2.17. The van der Waals surface area contributed by atoms with Crippen molar-refractivity contribution in [2.75, 3.05) is 0 Å². The summed E-state index contributed by atoms with van der Waals surface area (Å²) < 4.78 is 1.87. The monoisotopic (exact) mass is 205 g/mol. The summed E-state index contributed by atoms with van der Waals surface area (Å²) in [5, 5.41) is 7.57. The lowest BCUT2D eigenvalue weighted by Gasteiger charge is -1.95. The van der Waals surface area contributed by atoms with Gasteiger partial charge < -0.3 is 0 Å². The van der Waals surface area contributed by atoms with E-state index in [0.29, 0.717) is 0 Å². The molecule has 0 atom stereocenters. The molecule has 0 unspecified atom stereocenters. The molecule has 1 aliphatic rings. The van der Waals surface area contributed by atoms with Crippen molar-refractivity contribution in [2.45, 2.75) is 18.8 Å². The van der Waals surface area contributed by atoms with Crippen molar-refractivity contribution in [3.63, 3.8) is 0 Å². The van der Waals surface area contributed by atoms with Crippen LogP contribution in [0.3, 0.4) is 0 Å². The largest absolute Gasteiger partial charge is 0.266 e. The van der Waals surface area contributed by atoms with E-state index in [0.717, 1.165) is 17.3 Å². The highest BCUT2D eigenvalue weighted by Gasteiger charge is 2.26. The molecule has 3 nitrogen and oxygen atoms in total. The summed E-state index contributed by atoms with van der Waals surface area (Å²) >= 11 is 1.77. The van der Waals surface area contributed by atoms with E-state index in [9.17, 15) is 0 Å². The first-order chi connectivity index (χ1) is 6.84. The van der Waals surface area contributed by atoms with E-state index in [-0.39, 0.29) is 0 Å². The van der Waals surface area contributed by atoms with Crippen LogP contribution in [-0.2, 0) is 7.05 Å². The summed E-state index contributed by atoms with van der Waals surface area (Å²) in [6, 6.07) is 2.01. The third-order valence-corrected chi connectivity index (χ3v) is 3.54. The molecular weight excluding hydrogens is 194 g/mol. The Morgan fingerprint density at radius 2 is 2.36 bits per heavy atom. The first kappa shape index (κ1) is 8.17. The minimum atomic E-state index is 0.752. The van der Waals surface area contributed by atoms with Gasteiger partial charge in [0, 0.05) is 24.5 Å². The van der Waals surface area contributed by atoms with Gasteiger partial charge >= 0.3 is 0 Å². The normalized spacial score (nSPS) is 16.1. The van der Waals surface area contributed by atoms with Crippen molar-refractivity contribution in [2.24, 2.45) is 7.05 Å². The summed E-state index contributed by atoms with van der Waals surface area (Å²) in [4.78, 5) is 4.63. The van der Waals surface area contributed by atoms with Gasteiger partial charge in [0.2, 0.25) is 0 Å². The minimum Gasteiger partial charge on any atom is -0.266 e. The maximum absolute atomic E-state index is 4.63. The van der Waals surface area contributed by atoms with E-state index in [4.69, 9.17) is 0 Å². The van der Waals surface area contributed by atoms with Crippen LogP contribution in [0.4, 0.5) is 0 Å². The van der Waals surface area contributed by atoms with Gasteiger partial charge in [-0.15, -0.1) is 11.3 Å². The molecule has 4 heteroatoms. The van der Waals surface area contributed by atoms with Gasteiger partial charge in [0.15, 0.2) is 0 Å². The second-order valence-corrected chi connectivity index (χ2v) is 4.57. The quantitative estimate of drug-likeness (QED) is 0.753. The van der Waals surface area contributed by atoms with Crippen LogP contribution in [-0.4, -0.2) is 14.8 Å².